The van der Waals surface area contributed by atoms with Gasteiger partial charge in [-0.25, -0.2) is 9.97 Å². The normalized spacial score (nSPS) is 13.3. The van der Waals surface area contributed by atoms with E-state index in [2.05, 4.69) is 27.5 Å². The van der Waals surface area contributed by atoms with Crippen LogP contribution in [-0.2, 0) is 0 Å². The molecule has 1 amide bonds. The van der Waals surface area contributed by atoms with Gasteiger partial charge in [-0.2, -0.15) is 0 Å². The van der Waals surface area contributed by atoms with Gasteiger partial charge < -0.3 is 10.6 Å². The van der Waals surface area contributed by atoms with E-state index in [0.717, 1.165) is 24.1 Å². The van der Waals surface area contributed by atoms with Gasteiger partial charge in [-0.05, 0) is 44.0 Å². The molecule has 0 radical (unpaired) electrons. The minimum atomic E-state index is -0.0285. The molecule has 26 heavy (non-hydrogen) atoms. The number of carbonyl (C=O) groups excluding carboxylic acids is 1. The van der Waals surface area contributed by atoms with E-state index in [1.54, 1.807) is 6.20 Å². The van der Waals surface area contributed by atoms with Crippen molar-refractivity contribution in [2.75, 3.05) is 5.32 Å². The summed E-state index contributed by atoms with van der Waals surface area (Å²) in [6, 6.07) is 17.7. The fourth-order valence-corrected chi connectivity index (χ4v) is 2.65. The molecule has 0 spiro atoms. The lowest BCUT2D eigenvalue weighted by molar-refractivity contribution is 0.0951. The van der Waals surface area contributed by atoms with Crippen molar-refractivity contribution in [3.63, 3.8) is 0 Å². The molecule has 4 rings (SSSR count). The van der Waals surface area contributed by atoms with Crippen LogP contribution in [0.2, 0.25) is 0 Å². The average Bonchev–Trinajstić information content (AvgIpc) is 3.47. The van der Waals surface area contributed by atoms with Gasteiger partial charge in [0, 0.05) is 29.1 Å². The summed E-state index contributed by atoms with van der Waals surface area (Å²) in [7, 11) is 0. The molecule has 130 valence electrons. The predicted octanol–water partition coefficient (Wildman–Crippen LogP) is 4.09. The molecular formula is C21H20N4O. The van der Waals surface area contributed by atoms with Gasteiger partial charge in [-0.1, -0.05) is 35.9 Å². The van der Waals surface area contributed by atoms with Gasteiger partial charge in [0.05, 0.1) is 0 Å². The molecule has 0 aliphatic heterocycles. The van der Waals surface area contributed by atoms with Crippen LogP contribution in [0.3, 0.4) is 0 Å². The summed E-state index contributed by atoms with van der Waals surface area (Å²) in [5.41, 5.74) is 3.64. The first kappa shape index (κ1) is 16.3. The van der Waals surface area contributed by atoms with Gasteiger partial charge in [-0.3, -0.25) is 4.79 Å². The van der Waals surface area contributed by atoms with Gasteiger partial charge in [0.25, 0.3) is 5.91 Å². The third kappa shape index (κ3) is 3.88. The Hall–Kier alpha value is -3.21. The number of aryl methyl sites for hydroxylation is 1. The molecule has 2 N–H and O–H groups in total. The highest BCUT2D eigenvalue weighted by molar-refractivity contribution is 5.95. The number of amides is 1. The lowest BCUT2D eigenvalue weighted by atomic mass is 10.1. The zero-order valence-electron chi connectivity index (χ0n) is 14.6. The van der Waals surface area contributed by atoms with E-state index in [1.807, 2.05) is 54.6 Å². The smallest absolute Gasteiger partial charge is 0.251 e. The maximum Gasteiger partial charge on any atom is 0.251 e. The van der Waals surface area contributed by atoms with E-state index in [0.29, 0.717) is 23.2 Å². The second-order valence-corrected chi connectivity index (χ2v) is 6.59. The highest BCUT2D eigenvalue weighted by atomic mass is 16.1. The first-order valence-electron chi connectivity index (χ1n) is 8.75. The molecule has 1 heterocycles. The van der Waals surface area contributed by atoms with Crippen LogP contribution < -0.4 is 10.6 Å². The molecule has 0 atom stereocenters. The molecule has 1 saturated carbocycles. The molecule has 0 saturated heterocycles. The Morgan fingerprint density at radius 1 is 1.08 bits per heavy atom. The van der Waals surface area contributed by atoms with Crippen molar-refractivity contribution in [2.45, 2.75) is 25.8 Å². The summed E-state index contributed by atoms with van der Waals surface area (Å²) in [4.78, 5) is 21.1. The first-order valence-corrected chi connectivity index (χ1v) is 8.75. The van der Waals surface area contributed by atoms with Crippen molar-refractivity contribution in [3.05, 3.63) is 71.9 Å². The van der Waals surface area contributed by atoms with Crippen molar-refractivity contribution in [1.82, 2.24) is 15.3 Å². The van der Waals surface area contributed by atoms with Gasteiger partial charge in [0.1, 0.15) is 5.82 Å². The van der Waals surface area contributed by atoms with Crippen molar-refractivity contribution >= 4 is 17.4 Å². The Morgan fingerprint density at radius 3 is 2.65 bits per heavy atom. The Balaban J connectivity index is 1.53. The van der Waals surface area contributed by atoms with Crippen LogP contribution in [0.4, 0.5) is 11.5 Å². The van der Waals surface area contributed by atoms with Crippen molar-refractivity contribution in [2.24, 2.45) is 0 Å². The topological polar surface area (TPSA) is 66.9 Å². The van der Waals surface area contributed by atoms with E-state index in [9.17, 15) is 4.79 Å². The van der Waals surface area contributed by atoms with Gasteiger partial charge in [-0.15, -0.1) is 0 Å². The largest absolute Gasteiger partial charge is 0.349 e. The molecular weight excluding hydrogens is 324 g/mol. The van der Waals surface area contributed by atoms with Crippen molar-refractivity contribution < 1.29 is 4.79 Å². The maximum absolute atomic E-state index is 12.2. The zero-order valence-corrected chi connectivity index (χ0v) is 14.6. The van der Waals surface area contributed by atoms with E-state index >= 15 is 0 Å². The van der Waals surface area contributed by atoms with Crippen molar-refractivity contribution in [1.29, 1.82) is 0 Å². The monoisotopic (exact) mass is 344 g/mol. The van der Waals surface area contributed by atoms with Crippen LogP contribution in [0.5, 0.6) is 0 Å². The predicted molar refractivity (Wildman–Crippen MR) is 102 cm³/mol. The highest BCUT2D eigenvalue weighted by Gasteiger charge is 2.23. The minimum Gasteiger partial charge on any atom is -0.349 e. The zero-order chi connectivity index (χ0) is 17.9. The fourth-order valence-electron chi connectivity index (χ4n) is 2.65. The molecule has 0 unspecified atom stereocenters. The van der Waals surface area contributed by atoms with Crippen molar-refractivity contribution in [3.8, 4) is 11.4 Å². The molecule has 1 fully saturated rings. The average molecular weight is 344 g/mol. The lowest BCUT2D eigenvalue weighted by Crippen LogP contribution is -2.25. The number of hydrogen-bond donors (Lipinski definition) is 2. The standard InChI is InChI=1S/C21H20N4O/c1-14-5-7-15(8-6-14)20-22-12-11-19(25-20)23-18-4-2-3-16(13-18)21(26)24-17-9-10-17/h2-8,11-13,17H,9-10H2,1H3,(H,24,26)(H,22,23,25). The number of hydrogen-bond acceptors (Lipinski definition) is 4. The molecule has 1 aromatic heterocycles. The first-order chi connectivity index (χ1) is 12.7. The Kier molecular flexibility index (Phi) is 4.35. The second kappa shape index (κ2) is 6.96. The third-order valence-corrected chi connectivity index (χ3v) is 4.28. The maximum atomic E-state index is 12.2. The molecule has 5 nitrogen and oxygen atoms in total. The lowest BCUT2D eigenvalue weighted by Gasteiger charge is -2.09. The summed E-state index contributed by atoms with van der Waals surface area (Å²) in [5.74, 6) is 1.33. The summed E-state index contributed by atoms with van der Waals surface area (Å²) in [5, 5.41) is 6.26. The molecule has 1 aliphatic carbocycles. The minimum absolute atomic E-state index is 0.0285. The van der Waals surface area contributed by atoms with Crippen LogP contribution in [0, 0.1) is 6.92 Å². The molecule has 1 aliphatic rings. The van der Waals surface area contributed by atoms with Gasteiger partial charge >= 0.3 is 0 Å². The Morgan fingerprint density at radius 2 is 1.88 bits per heavy atom. The SMILES string of the molecule is Cc1ccc(-c2nccc(Nc3cccc(C(=O)NC4CC4)c3)n2)cc1. The second-order valence-electron chi connectivity index (χ2n) is 6.59. The van der Waals surface area contributed by atoms with Gasteiger partial charge in [0.15, 0.2) is 5.82 Å². The molecule has 2 aromatic carbocycles. The summed E-state index contributed by atoms with van der Waals surface area (Å²) >= 11 is 0. The fraction of sp³-hybridized carbons (Fsp3) is 0.190. The number of carbonyl (C=O) groups is 1. The number of nitrogens with one attached hydrogen (secondary N) is 2. The van der Waals surface area contributed by atoms with Crippen LogP contribution in [0.1, 0.15) is 28.8 Å². The third-order valence-electron chi connectivity index (χ3n) is 4.28. The van der Waals surface area contributed by atoms with E-state index in [1.165, 1.54) is 5.56 Å². The molecule has 0 bridgehead atoms. The quantitative estimate of drug-likeness (QED) is 0.732. The van der Waals surface area contributed by atoms with E-state index in [-0.39, 0.29) is 5.91 Å². The Labute approximate surface area is 152 Å². The van der Waals surface area contributed by atoms with Crippen LogP contribution in [0.25, 0.3) is 11.4 Å². The summed E-state index contributed by atoms with van der Waals surface area (Å²) in [6.07, 6.45) is 3.88. The molecule has 5 heteroatoms. The Bertz CT molecular complexity index is 933. The number of rotatable bonds is 5. The number of aromatic nitrogens is 2. The number of nitrogens with zero attached hydrogens (tertiary/aromatic N) is 2. The van der Waals surface area contributed by atoms with Crippen LogP contribution in [0.15, 0.2) is 60.8 Å². The molecule has 3 aromatic rings. The number of benzene rings is 2. The summed E-state index contributed by atoms with van der Waals surface area (Å²) < 4.78 is 0. The highest BCUT2D eigenvalue weighted by Crippen LogP contribution is 2.22. The summed E-state index contributed by atoms with van der Waals surface area (Å²) in [6.45, 7) is 2.05. The van der Waals surface area contributed by atoms with E-state index in [4.69, 9.17) is 0 Å². The van der Waals surface area contributed by atoms with E-state index < -0.39 is 0 Å². The number of anilines is 2. The van der Waals surface area contributed by atoms with Crippen LogP contribution in [-0.4, -0.2) is 21.9 Å². The van der Waals surface area contributed by atoms with Gasteiger partial charge in [0.2, 0.25) is 0 Å². The van der Waals surface area contributed by atoms with Crippen LogP contribution >= 0.6 is 0 Å².